The van der Waals surface area contributed by atoms with Gasteiger partial charge in [0, 0.05) is 51.5 Å². The van der Waals surface area contributed by atoms with Crippen molar-refractivity contribution < 1.29 is 9.90 Å². The van der Waals surface area contributed by atoms with Crippen molar-refractivity contribution in [1.82, 2.24) is 19.4 Å². The maximum Gasteiger partial charge on any atom is 0.311 e. The number of likely N-dealkylation sites (tertiary alicyclic amines) is 2. The van der Waals surface area contributed by atoms with Crippen LogP contribution in [0.15, 0.2) is 25.0 Å². The Bertz CT molecular complexity index is 585. The van der Waals surface area contributed by atoms with Crippen molar-refractivity contribution in [1.29, 1.82) is 0 Å². The molecule has 0 radical (unpaired) electrons. The van der Waals surface area contributed by atoms with Crippen LogP contribution in [0.2, 0.25) is 0 Å². The Hall–Kier alpha value is -1.66. The molecule has 2 aliphatic rings. The molecule has 6 nitrogen and oxygen atoms in total. The van der Waals surface area contributed by atoms with Crippen molar-refractivity contribution in [3.63, 3.8) is 0 Å². The summed E-state index contributed by atoms with van der Waals surface area (Å²) in [7, 11) is 2.00. The fraction of sp³-hybridized carbons (Fsp3) is 0.647. The molecule has 2 aliphatic heterocycles. The van der Waals surface area contributed by atoms with E-state index in [9.17, 15) is 9.90 Å². The molecule has 0 bridgehead atoms. The molecule has 2 saturated heterocycles. The molecule has 0 aromatic carbocycles. The van der Waals surface area contributed by atoms with Crippen LogP contribution in [0.4, 0.5) is 0 Å². The quantitative estimate of drug-likeness (QED) is 0.827. The Morgan fingerprint density at radius 1 is 1.52 bits per heavy atom. The number of aromatic nitrogens is 2. The lowest BCUT2D eigenvalue weighted by Crippen LogP contribution is -2.41. The van der Waals surface area contributed by atoms with Crippen LogP contribution in [0.1, 0.15) is 18.7 Å². The van der Waals surface area contributed by atoms with Crippen LogP contribution in [0.5, 0.6) is 0 Å². The highest BCUT2D eigenvalue weighted by atomic mass is 16.4. The third kappa shape index (κ3) is 3.05. The number of carbonyl (C=O) groups is 1. The summed E-state index contributed by atoms with van der Waals surface area (Å²) >= 11 is 0. The molecule has 0 unspecified atom stereocenters. The first-order valence-electron chi connectivity index (χ1n) is 8.30. The summed E-state index contributed by atoms with van der Waals surface area (Å²) in [5, 5.41) is 9.91. The number of hydrogen-bond donors (Lipinski definition) is 1. The third-order valence-corrected chi connectivity index (χ3v) is 5.44. The molecule has 1 aromatic heterocycles. The SMILES string of the molecule is C=CCN1C[C@@H]2CN(Cc3nccn3C)CCC[C@]2(C(=O)O)C1. The number of aliphatic carboxylic acids is 1. The lowest BCUT2D eigenvalue weighted by molar-refractivity contribution is -0.151. The van der Waals surface area contributed by atoms with Gasteiger partial charge in [-0.15, -0.1) is 6.58 Å². The Morgan fingerprint density at radius 2 is 2.30 bits per heavy atom. The first-order chi connectivity index (χ1) is 11.0. The van der Waals surface area contributed by atoms with Gasteiger partial charge < -0.3 is 9.67 Å². The largest absolute Gasteiger partial charge is 0.481 e. The minimum atomic E-state index is -0.632. The maximum atomic E-state index is 12.1. The van der Waals surface area contributed by atoms with Gasteiger partial charge in [0.1, 0.15) is 5.82 Å². The molecule has 0 saturated carbocycles. The maximum absolute atomic E-state index is 12.1. The molecule has 126 valence electrons. The monoisotopic (exact) mass is 318 g/mol. The van der Waals surface area contributed by atoms with E-state index in [1.165, 1.54) is 0 Å². The Kier molecular flexibility index (Phi) is 4.55. The molecule has 1 aromatic rings. The summed E-state index contributed by atoms with van der Waals surface area (Å²) in [6.45, 7) is 8.61. The molecule has 0 amide bonds. The van der Waals surface area contributed by atoms with Gasteiger partial charge in [-0.1, -0.05) is 6.08 Å². The number of fused-ring (bicyclic) bond motifs is 1. The van der Waals surface area contributed by atoms with Crippen molar-refractivity contribution in [2.45, 2.75) is 19.4 Å². The smallest absolute Gasteiger partial charge is 0.311 e. The van der Waals surface area contributed by atoms with Crippen molar-refractivity contribution in [3.05, 3.63) is 30.9 Å². The molecule has 0 spiro atoms. The normalized spacial score (nSPS) is 29.2. The fourth-order valence-corrected chi connectivity index (χ4v) is 4.18. The van der Waals surface area contributed by atoms with Crippen LogP contribution >= 0.6 is 0 Å². The lowest BCUT2D eigenvalue weighted by atomic mass is 9.75. The van der Waals surface area contributed by atoms with E-state index in [2.05, 4.69) is 21.4 Å². The van der Waals surface area contributed by atoms with Crippen LogP contribution in [0.25, 0.3) is 0 Å². The minimum Gasteiger partial charge on any atom is -0.481 e. The third-order valence-electron chi connectivity index (χ3n) is 5.44. The van der Waals surface area contributed by atoms with E-state index in [-0.39, 0.29) is 5.92 Å². The number of carboxylic acids is 1. The average Bonchev–Trinajstić information content (AvgIpc) is 3.00. The van der Waals surface area contributed by atoms with Gasteiger partial charge in [-0.25, -0.2) is 4.98 Å². The minimum absolute atomic E-state index is 0.169. The predicted octanol–water partition coefficient (Wildman–Crippen LogP) is 1.20. The van der Waals surface area contributed by atoms with Crippen LogP contribution in [0.3, 0.4) is 0 Å². The summed E-state index contributed by atoms with van der Waals surface area (Å²) in [6, 6.07) is 0. The molecule has 1 N–H and O–H groups in total. The zero-order chi connectivity index (χ0) is 16.4. The first kappa shape index (κ1) is 16.2. The number of rotatable bonds is 5. The zero-order valence-electron chi connectivity index (χ0n) is 13.8. The molecule has 0 aliphatic carbocycles. The second kappa shape index (κ2) is 6.45. The second-order valence-electron chi connectivity index (χ2n) is 6.93. The Labute approximate surface area is 137 Å². The molecular weight excluding hydrogens is 292 g/mol. The lowest BCUT2D eigenvalue weighted by Gasteiger charge is -2.29. The van der Waals surface area contributed by atoms with Crippen molar-refractivity contribution >= 4 is 5.97 Å². The van der Waals surface area contributed by atoms with Gasteiger partial charge in [-0.3, -0.25) is 14.6 Å². The van der Waals surface area contributed by atoms with Gasteiger partial charge in [0.05, 0.1) is 12.0 Å². The average molecular weight is 318 g/mol. The van der Waals surface area contributed by atoms with Gasteiger partial charge >= 0.3 is 5.97 Å². The van der Waals surface area contributed by atoms with Gasteiger partial charge in [0.15, 0.2) is 0 Å². The highest BCUT2D eigenvalue weighted by Gasteiger charge is 2.52. The van der Waals surface area contributed by atoms with Gasteiger partial charge in [0.2, 0.25) is 0 Å². The van der Waals surface area contributed by atoms with Crippen LogP contribution in [-0.4, -0.2) is 63.2 Å². The van der Waals surface area contributed by atoms with Gasteiger partial charge in [-0.2, -0.15) is 0 Å². The molecular formula is C17H26N4O2. The van der Waals surface area contributed by atoms with E-state index in [0.717, 1.165) is 51.4 Å². The summed E-state index contributed by atoms with van der Waals surface area (Å²) in [5.41, 5.74) is -0.598. The topological polar surface area (TPSA) is 61.6 Å². The van der Waals surface area contributed by atoms with Crippen LogP contribution < -0.4 is 0 Å². The number of aryl methyl sites for hydroxylation is 1. The molecule has 3 heterocycles. The number of hydrogen-bond acceptors (Lipinski definition) is 4. The number of imidazole rings is 1. The predicted molar refractivity (Wildman–Crippen MR) is 87.9 cm³/mol. The Morgan fingerprint density at radius 3 is 2.96 bits per heavy atom. The number of nitrogens with zero attached hydrogens (tertiary/aromatic N) is 4. The van der Waals surface area contributed by atoms with Crippen molar-refractivity contribution in [2.75, 3.05) is 32.7 Å². The van der Waals surface area contributed by atoms with E-state index >= 15 is 0 Å². The summed E-state index contributed by atoms with van der Waals surface area (Å²) < 4.78 is 2.04. The van der Waals surface area contributed by atoms with Gasteiger partial charge in [0.25, 0.3) is 0 Å². The molecule has 2 atom stereocenters. The molecule has 2 fully saturated rings. The highest BCUT2D eigenvalue weighted by molar-refractivity contribution is 5.76. The van der Waals surface area contributed by atoms with E-state index < -0.39 is 11.4 Å². The van der Waals surface area contributed by atoms with E-state index in [0.29, 0.717) is 6.54 Å². The fourth-order valence-electron chi connectivity index (χ4n) is 4.18. The van der Waals surface area contributed by atoms with Crippen LogP contribution in [0, 0.1) is 11.3 Å². The molecule has 3 rings (SSSR count). The number of carboxylic acid groups (broad SMARTS) is 1. The Balaban J connectivity index is 1.76. The first-order valence-corrected chi connectivity index (χ1v) is 8.30. The molecule has 6 heteroatoms. The highest BCUT2D eigenvalue weighted by Crippen LogP contribution is 2.43. The van der Waals surface area contributed by atoms with E-state index in [1.807, 2.05) is 30.1 Å². The summed E-state index contributed by atoms with van der Waals surface area (Å²) in [4.78, 5) is 21.1. The summed E-state index contributed by atoms with van der Waals surface area (Å²) in [5.74, 6) is 0.574. The van der Waals surface area contributed by atoms with E-state index in [4.69, 9.17) is 0 Å². The standard InChI is InChI=1S/C17H26N4O2/c1-3-7-21-11-14-10-20(12-15-18-6-9-19(15)2)8-4-5-17(14,13-21)16(22)23/h3,6,9,14H,1,4-5,7-8,10-13H2,2H3,(H,22,23)/t14-,17-/m0/s1. The zero-order valence-corrected chi connectivity index (χ0v) is 13.8. The van der Waals surface area contributed by atoms with Crippen molar-refractivity contribution in [2.24, 2.45) is 18.4 Å². The molecule has 23 heavy (non-hydrogen) atoms. The van der Waals surface area contributed by atoms with Crippen LogP contribution in [-0.2, 0) is 18.4 Å². The summed E-state index contributed by atoms with van der Waals surface area (Å²) in [6.07, 6.45) is 7.32. The van der Waals surface area contributed by atoms with Crippen molar-refractivity contribution in [3.8, 4) is 0 Å². The second-order valence-corrected chi connectivity index (χ2v) is 6.93. The van der Waals surface area contributed by atoms with E-state index in [1.54, 1.807) is 0 Å². The van der Waals surface area contributed by atoms with Gasteiger partial charge in [-0.05, 0) is 19.4 Å².